The predicted molar refractivity (Wildman–Crippen MR) is 363 cm³/mol. The van der Waals surface area contributed by atoms with Crippen LogP contribution in [0.4, 0.5) is 0 Å². The lowest BCUT2D eigenvalue weighted by atomic mass is 10.1. The predicted octanol–water partition coefficient (Wildman–Crippen LogP) is 20.0. The van der Waals surface area contributed by atoms with Gasteiger partial charge in [0.15, 0.2) is 0 Å². The fourth-order valence-electron chi connectivity index (χ4n) is 13.3. The van der Waals surface area contributed by atoms with Crippen molar-refractivity contribution >= 4 is 87.2 Å². The highest BCUT2D eigenvalue weighted by molar-refractivity contribution is 6.27. The molecule has 412 valence electrons. The summed E-state index contributed by atoms with van der Waals surface area (Å²) in [5, 5.41) is 9.59. The summed E-state index contributed by atoms with van der Waals surface area (Å²) < 4.78 is 9.22. The third-order valence-corrected chi connectivity index (χ3v) is 17.3. The summed E-state index contributed by atoms with van der Waals surface area (Å²) in [6.45, 7) is 0. The summed E-state index contributed by atoms with van der Waals surface area (Å²) >= 11 is 0. The van der Waals surface area contributed by atoms with Gasteiger partial charge in [-0.25, -0.2) is 19.9 Å². The average Bonchev–Trinajstić information content (AvgIpc) is 1.64. The van der Waals surface area contributed by atoms with E-state index >= 15 is 0 Å². The van der Waals surface area contributed by atoms with Gasteiger partial charge in [-0.15, -0.1) is 0 Å². The average molecular weight is 1130 g/mol. The maximum absolute atomic E-state index is 4.93. The van der Waals surface area contributed by atoms with Crippen molar-refractivity contribution in [1.82, 2.24) is 38.2 Å². The topological polar surface area (TPSA) is 71.3 Å². The molecule has 88 heavy (non-hydrogen) atoms. The van der Waals surface area contributed by atoms with E-state index in [2.05, 4.69) is 273 Å². The molecule has 12 aromatic carbocycles. The summed E-state index contributed by atoms with van der Waals surface area (Å²) in [7, 11) is 0. The zero-order chi connectivity index (χ0) is 58.1. The molecule has 0 aliphatic carbocycles. The van der Waals surface area contributed by atoms with Crippen molar-refractivity contribution in [1.29, 1.82) is 0 Å². The van der Waals surface area contributed by atoms with Gasteiger partial charge in [0.2, 0.25) is 11.9 Å². The summed E-state index contributed by atoms with van der Waals surface area (Å²) in [4.78, 5) is 19.6. The molecule has 0 aliphatic heterocycles. The van der Waals surface area contributed by atoms with Crippen LogP contribution in [0.3, 0.4) is 0 Å². The molecule has 6 heterocycles. The molecule has 0 aliphatic rings. The second kappa shape index (κ2) is 21.0. The van der Waals surface area contributed by atoms with E-state index in [0.717, 1.165) is 61.2 Å². The number of rotatable bonds is 8. The van der Waals surface area contributed by atoms with Crippen LogP contribution in [0.5, 0.6) is 0 Å². The molecular weight excluding hydrogens is 1070 g/mol. The van der Waals surface area contributed by atoms with E-state index in [1.165, 1.54) is 81.9 Å². The monoisotopic (exact) mass is 1120 g/mol. The number of para-hydroxylation sites is 4. The Morgan fingerprint density at radius 2 is 0.477 bits per heavy atom. The summed E-state index contributed by atoms with van der Waals surface area (Å²) in [5.74, 6) is 1.32. The lowest BCUT2D eigenvalue weighted by molar-refractivity contribution is 0.990. The van der Waals surface area contributed by atoms with Crippen molar-refractivity contribution in [2.75, 3.05) is 0 Å². The highest BCUT2D eigenvalue weighted by Crippen LogP contribution is 2.44. The van der Waals surface area contributed by atoms with Gasteiger partial charge in [-0.05, 0) is 94.0 Å². The van der Waals surface area contributed by atoms with E-state index in [-0.39, 0.29) is 0 Å². The lowest BCUT2D eigenvalue weighted by Gasteiger charge is -2.11. The standard InChI is InChI=1S/2C40H26N4/c1-3-11-27(12-4-1)29-19-21-31(22-20-29)43-36-18-10-8-16-34(36)38-37(43)24-23-33-32-15-7-9-17-35(32)44(39(33)38)40-41-25-30(26-42-40)28-13-5-2-6-14-28;1-3-11-27(12-4-1)29-19-21-31(22-20-29)43-35-17-9-7-15-32(35)33-23-24-37-38(39(33)43)34-16-8-10-18-36(34)44(37)40-41-25-30(26-42-40)28-13-5-2-6-14-28/h2*1-26H. The minimum Gasteiger partial charge on any atom is -0.309 e. The minimum absolute atomic E-state index is 0.658. The van der Waals surface area contributed by atoms with Gasteiger partial charge in [0.1, 0.15) is 0 Å². The maximum Gasteiger partial charge on any atom is 0.234 e. The maximum atomic E-state index is 4.93. The van der Waals surface area contributed by atoms with E-state index in [1.807, 2.05) is 61.2 Å². The van der Waals surface area contributed by atoms with Crippen LogP contribution in [0, 0.1) is 0 Å². The molecule has 18 rings (SSSR count). The number of aromatic nitrogens is 8. The Kier molecular flexibility index (Phi) is 12.0. The molecule has 18 aromatic rings. The first kappa shape index (κ1) is 50.5. The Morgan fingerprint density at radius 3 is 0.909 bits per heavy atom. The van der Waals surface area contributed by atoms with Gasteiger partial charge in [-0.3, -0.25) is 9.13 Å². The van der Waals surface area contributed by atoms with Crippen LogP contribution >= 0.6 is 0 Å². The summed E-state index contributed by atoms with van der Waals surface area (Å²) in [5.41, 5.74) is 20.3. The van der Waals surface area contributed by atoms with E-state index in [9.17, 15) is 0 Å². The van der Waals surface area contributed by atoms with Crippen LogP contribution in [0.2, 0.25) is 0 Å². The number of hydrogen-bond donors (Lipinski definition) is 0. The molecule has 0 saturated heterocycles. The van der Waals surface area contributed by atoms with Crippen LogP contribution in [0.25, 0.3) is 155 Å². The molecule has 0 amide bonds. The van der Waals surface area contributed by atoms with Crippen LogP contribution in [0.15, 0.2) is 316 Å². The first-order valence-corrected chi connectivity index (χ1v) is 29.7. The lowest BCUT2D eigenvalue weighted by Crippen LogP contribution is -2.01. The third-order valence-electron chi connectivity index (χ3n) is 17.3. The Balaban J connectivity index is 0.000000137. The smallest absolute Gasteiger partial charge is 0.234 e. The molecule has 0 unspecified atom stereocenters. The normalized spacial score (nSPS) is 11.6. The van der Waals surface area contributed by atoms with Crippen LogP contribution in [-0.4, -0.2) is 38.2 Å². The number of nitrogens with zero attached hydrogens (tertiary/aromatic N) is 8. The van der Waals surface area contributed by atoms with Crippen molar-refractivity contribution in [2.45, 2.75) is 0 Å². The minimum atomic E-state index is 0.658. The van der Waals surface area contributed by atoms with Gasteiger partial charge < -0.3 is 9.13 Å². The first-order valence-electron chi connectivity index (χ1n) is 29.7. The van der Waals surface area contributed by atoms with Gasteiger partial charge in [-0.2, -0.15) is 0 Å². The van der Waals surface area contributed by atoms with Crippen molar-refractivity contribution in [3.05, 3.63) is 316 Å². The Hall–Kier alpha value is -12.0. The fourth-order valence-corrected chi connectivity index (χ4v) is 13.3. The zero-order valence-corrected chi connectivity index (χ0v) is 47.6. The summed E-state index contributed by atoms with van der Waals surface area (Å²) in [6, 6.07) is 103. The third kappa shape index (κ3) is 8.30. The van der Waals surface area contributed by atoms with Gasteiger partial charge in [0.05, 0.1) is 44.1 Å². The van der Waals surface area contributed by atoms with Gasteiger partial charge in [-0.1, -0.05) is 231 Å². The van der Waals surface area contributed by atoms with E-state index in [0.29, 0.717) is 11.9 Å². The van der Waals surface area contributed by atoms with Crippen molar-refractivity contribution < 1.29 is 0 Å². The molecular formula is C80H52N8. The Morgan fingerprint density at radius 1 is 0.182 bits per heavy atom. The van der Waals surface area contributed by atoms with Gasteiger partial charge in [0.25, 0.3) is 0 Å². The van der Waals surface area contributed by atoms with Gasteiger partial charge >= 0.3 is 0 Å². The molecule has 0 bridgehead atoms. The van der Waals surface area contributed by atoms with Crippen LogP contribution in [0.1, 0.15) is 0 Å². The second-order valence-corrected chi connectivity index (χ2v) is 22.2. The molecule has 8 heteroatoms. The molecule has 0 N–H and O–H groups in total. The van der Waals surface area contributed by atoms with E-state index in [4.69, 9.17) is 19.9 Å². The quantitative estimate of drug-likeness (QED) is 0.152. The van der Waals surface area contributed by atoms with Crippen molar-refractivity contribution in [3.63, 3.8) is 0 Å². The van der Waals surface area contributed by atoms with Crippen LogP contribution in [-0.2, 0) is 0 Å². The molecule has 0 radical (unpaired) electrons. The van der Waals surface area contributed by atoms with E-state index < -0.39 is 0 Å². The second-order valence-electron chi connectivity index (χ2n) is 22.2. The van der Waals surface area contributed by atoms with E-state index in [1.54, 1.807) is 0 Å². The Bertz CT molecular complexity index is 5260. The molecule has 0 spiro atoms. The van der Waals surface area contributed by atoms with Crippen molar-refractivity contribution in [3.8, 4) is 67.8 Å². The Labute approximate surface area is 506 Å². The number of hydrogen-bond acceptors (Lipinski definition) is 4. The molecule has 0 saturated carbocycles. The largest absolute Gasteiger partial charge is 0.309 e. The highest BCUT2D eigenvalue weighted by Gasteiger charge is 2.24. The molecule has 0 atom stereocenters. The molecule has 8 nitrogen and oxygen atoms in total. The first-order chi connectivity index (χ1) is 43.7. The van der Waals surface area contributed by atoms with Crippen molar-refractivity contribution in [2.24, 2.45) is 0 Å². The molecule has 0 fully saturated rings. The van der Waals surface area contributed by atoms with Crippen LogP contribution < -0.4 is 0 Å². The fraction of sp³-hybridized carbons (Fsp3) is 0. The zero-order valence-electron chi connectivity index (χ0n) is 47.6. The van der Waals surface area contributed by atoms with Gasteiger partial charge in [0, 0.05) is 90.4 Å². The number of fused-ring (bicyclic) bond motifs is 14. The summed E-state index contributed by atoms with van der Waals surface area (Å²) in [6.07, 6.45) is 7.69. The SMILES string of the molecule is c1ccc(-c2ccc(-n3c4ccccc4c4c3ccc3c5ccccc5n(-c5ncc(-c6ccccc6)cn5)c34)cc2)cc1.c1ccc(-c2ccc(-n3c4ccccc4c4ccc5c(c6ccccc6n5-c5ncc(-c6ccccc6)cn5)c43)cc2)cc1. The molecule has 6 aromatic heterocycles. The number of benzene rings is 12. The highest BCUT2D eigenvalue weighted by atomic mass is 15.2.